The number of fused-ring (bicyclic) bond motifs is 1. The third-order valence-corrected chi connectivity index (χ3v) is 5.65. The number of nitrogens with zero attached hydrogens (tertiary/aromatic N) is 3. The number of para-hydroxylation sites is 1. The standard InChI is InChI=1S/C24H28N4O.C2HF3O2/c1-16-14-17(2)22(18(3)15-16)26-24-25-19(4)21-10-11-28(23(21)27-24)12-13-29-20-8-6-5-7-9-20;3-2(4,5)1(6)7/h5-9,14-15H,10-13H2,1-4H3,(H,25,26,27);(H,6,7). The zero-order valence-electron chi connectivity index (χ0n) is 20.6. The largest absolute Gasteiger partial charge is 0.492 e. The average molecular weight is 503 g/mol. The van der Waals surface area contributed by atoms with E-state index in [2.05, 4.69) is 50.0 Å². The van der Waals surface area contributed by atoms with Gasteiger partial charge < -0.3 is 20.1 Å². The Morgan fingerprint density at radius 1 is 1.08 bits per heavy atom. The normalized spacial score (nSPS) is 12.5. The number of aryl methyl sites for hydroxylation is 4. The number of rotatable bonds is 6. The van der Waals surface area contributed by atoms with Crippen molar-refractivity contribution in [3.8, 4) is 5.75 Å². The minimum Gasteiger partial charge on any atom is -0.492 e. The van der Waals surface area contributed by atoms with E-state index in [1.807, 2.05) is 30.3 Å². The van der Waals surface area contributed by atoms with Gasteiger partial charge in [-0.1, -0.05) is 35.9 Å². The fraction of sp³-hybridized carbons (Fsp3) is 0.346. The Bertz CT molecular complexity index is 1190. The van der Waals surface area contributed by atoms with Gasteiger partial charge in [-0.25, -0.2) is 9.78 Å². The zero-order chi connectivity index (χ0) is 26.5. The molecule has 0 atom stereocenters. The van der Waals surface area contributed by atoms with Gasteiger partial charge in [0.25, 0.3) is 0 Å². The number of aliphatic carboxylic acids is 1. The van der Waals surface area contributed by atoms with Crippen LogP contribution in [0.2, 0.25) is 0 Å². The SMILES string of the molecule is Cc1cc(C)c(Nc2nc(C)c3c(n2)N(CCOc2ccccc2)CC3)c(C)c1.O=C(O)C(F)(F)F. The molecule has 1 aromatic heterocycles. The average Bonchev–Trinajstić information content (AvgIpc) is 3.20. The third-order valence-electron chi connectivity index (χ3n) is 5.65. The van der Waals surface area contributed by atoms with E-state index in [-0.39, 0.29) is 0 Å². The zero-order valence-corrected chi connectivity index (χ0v) is 20.6. The van der Waals surface area contributed by atoms with E-state index in [0.29, 0.717) is 12.6 Å². The lowest BCUT2D eigenvalue weighted by atomic mass is 10.1. The molecule has 0 spiro atoms. The summed E-state index contributed by atoms with van der Waals surface area (Å²) in [6, 6.07) is 14.3. The van der Waals surface area contributed by atoms with Crippen LogP contribution in [0.3, 0.4) is 0 Å². The van der Waals surface area contributed by atoms with E-state index in [4.69, 9.17) is 24.6 Å². The van der Waals surface area contributed by atoms with E-state index in [9.17, 15) is 13.2 Å². The van der Waals surface area contributed by atoms with Crippen LogP contribution < -0.4 is 15.0 Å². The molecule has 2 heterocycles. The van der Waals surface area contributed by atoms with Gasteiger partial charge in [-0.2, -0.15) is 18.2 Å². The van der Waals surface area contributed by atoms with Gasteiger partial charge in [0.1, 0.15) is 18.2 Å². The second-order valence-corrected chi connectivity index (χ2v) is 8.53. The summed E-state index contributed by atoms with van der Waals surface area (Å²) in [4.78, 5) is 20.8. The molecule has 0 radical (unpaired) electrons. The van der Waals surface area contributed by atoms with Crippen LogP contribution in [-0.4, -0.2) is 46.9 Å². The molecule has 0 unspecified atom stereocenters. The molecule has 0 fully saturated rings. The number of alkyl halides is 3. The first-order chi connectivity index (χ1) is 17.0. The van der Waals surface area contributed by atoms with Crippen molar-refractivity contribution in [2.24, 2.45) is 0 Å². The summed E-state index contributed by atoms with van der Waals surface area (Å²) in [6.45, 7) is 10.8. The fourth-order valence-electron chi connectivity index (χ4n) is 4.04. The highest BCUT2D eigenvalue weighted by Gasteiger charge is 2.38. The third kappa shape index (κ3) is 6.87. The Balaban J connectivity index is 0.000000454. The van der Waals surface area contributed by atoms with Crippen LogP contribution in [-0.2, 0) is 11.2 Å². The molecule has 1 aliphatic rings. The van der Waals surface area contributed by atoms with Crippen LogP contribution >= 0.6 is 0 Å². The monoisotopic (exact) mass is 502 g/mol. The number of carbonyl (C=O) groups is 1. The summed E-state index contributed by atoms with van der Waals surface area (Å²) in [6.07, 6.45) is -4.10. The Labute approximate surface area is 208 Å². The number of benzene rings is 2. The number of anilines is 3. The maximum absolute atomic E-state index is 10.6. The maximum atomic E-state index is 10.6. The van der Waals surface area contributed by atoms with Crippen LogP contribution in [0, 0.1) is 27.7 Å². The topological polar surface area (TPSA) is 87.6 Å². The van der Waals surface area contributed by atoms with E-state index in [0.717, 1.165) is 42.5 Å². The van der Waals surface area contributed by atoms with Gasteiger partial charge in [0.05, 0.1) is 6.54 Å². The molecule has 7 nitrogen and oxygen atoms in total. The van der Waals surface area contributed by atoms with Crippen molar-refractivity contribution in [3.63, 3.8) is 0 Å². The predicted octanol–water partition coefficient (Wildman–Crippen LogP) is 5.53. The molecule has 0 amide bonds. The summed E-state index contributed by atoms with van der Waals surface area (Å²) in [5.74, 6) is -0.169. The molecule has 4 rings (SSSR count). The summed E-state index contributed by atoms with van der Waals surface area (Å²) in [7, 11) is 0. The van der Waals surface area contributed by atoms with Crippen molar-refractivity contribution >= 4 is 23.4 Å². The highest BCUT2D eigenvalue weighted by molar-refractivity contribution is 5.73. The lowest BCUT2D eigenvalue weighted by molar-refractivity contribution is -0.192. The Morgan fingerprint density at radius 3 is 2.28 bits per heavy atom. The molecule has 36 heavy (non-hydrogen) atoms. The smallest absolute Gasteiger partial charge is 0.490 e. The van der Waals surface area contributed by atoms with E-state index >= 15 is 0 Å². The first kappa shape index (κ1) is 26.8. The van der Waals surface area contributed by atoms with Crippen molar-refractivity contribution in [2.75, 3.05) is 29.9 Å². The van der Waals surface area contributed by atoms with Gasteiger partial charge in [-0.3, -0.25) is 0 Å². The first-order valence-electron chi connectivity index (χ1n) is 11.4. The summed E-state index contributed by atoms with van der Waals surface area (Å²) in [5, 5.41) is 10.6. The van der Waals surface area contributed by atoms with Crippen molar-refractivity contribution in [1.82, 2.24) is 9.97 Å². The molecule has 0 bridgehead atoms. The van der Waals surface area contributed by atoms with Crippen molar-refractivity contribution in [1.29, 1.82) is 0 Å². The lowest BCUT2D eigenvalue weighted by Crippen LogP contribution is -2.27. The van der Waals surface area contributed by atoms with Crippen molar-refractivity contribution in [2.45, 2.75) is 40.3 Å². The Kier molecular flexibility index (Phi) is 8.39. The molecule has 10 heteroatoms. The maximum Gasteiger partial charge on any atom is 0.490 e. The number of ether oxygens (including phenoxy) is 1. The molecular formula is C26H29F3N4O3. The predicted molar refractivity (Wildman–Crippen MR) is 132 cm³/mol. The van der Waals surface area contributed by atoms with Gasteiger partial charge in [0.2, 0.25) is 5.95 Å². The minimum absolute atomic E-state index is 0.630. The number of nitrogens with one attached hydrogen (secondary N) is 1. The van der Waals surface area contributed by atoms with E-state index in [1.54, 1.807) is 0 Å². The highest BCUT2D eigenvalue weighted by Crippen LogP contribution is 2.31. The van der Waals surface area contributed by atoms with Gasteiger partial charge in [-0.15, -0.1) is 0 Å². The molecule has 0 aliphatic carbocycles. The van der Waals surface area contributed by atoms with Crippen molar-refractivity contribution < 1.29 is 27.8 Å². The fourth-order valence-corrected chi connectivity index (χ4v) is 4.04. The second kappa shape index (κ2) is 11.3. The van der Waals surface area contributed by atoms with Gasteiger partial charge in [0.15, 0.2) is 0 Å². The van der Waals surface area contributed by atoms with Crippen LogP contribution in [0.1, 0.15) is 27.9 Å². The lowest BCUT2D eigenvalue weighted by Gasteiger charge is -2.20. The molecular weight excluding hydrogens is 473 g/mol. The van der Waals surface area contributed by atoms with Gasteiger partial charge in [-0.05, 0) is 57.4 Å². The molecule has 3 aromatic rings. The molecule has 0 saturated heterocycles. The Hall–Kier alpha value is -3.82. The van der Waals surface area contributed by atoms with E-state index < -0.39 is 12.1 Å². The molecule has 192 valence electrons. The quantitative estimate of drug-likeness (QED) is 0.458. The number of hydrogen-bond acceptors (Lipinski definition) is 6. The summed E-state index contributed by atoms with van der Waals surface area (Å²) >= 11 is 0. The van der Waals surface area contributed by atoms with Gasteiger partial charge in [0, 0.05) is 23.5 Å². The van der Waals surface area contributed by atoms with Crippen LogP contribution in [0.15, 0.2) is 42.5 Å². The summed E-state index contributed by atoms with van der Waals surface area (Å²) in [5.41, 5.74) is 7.06. The molecule has 1 aliphatic heterocycles. The summed E-state index contributed by atoms with van der Waals surface area (Å²) < 4.78 is 37.6. The van der Waals surface area contributed by atoms with Crippen LogP contribution in [0.4, 0.5) is 30.6 Å². The highest BCUT2D eigenvalue weighted by atomic mass is 19.4. The van der Waals surface area contributed by atoms with Gasteiger partial charge >= 0.3 is 12.1 Å². The molecule has 2 aromatic carbocycles. The Morgan fingerprint density at radius 2 is 1.69 bits per heavy atom. The molecule has 2 N–H and O–H groups in total. The van der Waals surface area contributed by atoms with E-state index in [1.165, 1.54) is 22.3 Å². The van der Waals surface area contributed by atoms with Crippen molar-refractivity contribution in [3.05, 3.63) is 70.4 Å². The minimum atomic E-state index is -5.08. The van der Waals surface area contributed by atoms with Crippen LogP contribution in [0.5, 0.6) is 5.75 Å². The second-order valence-electron chi connectivity index (χ2n) is 8.53. The molecule has 0 saturated carbocycles. The first-order valence-corrected chi connectivity index (χ1v) is 11.4. The number of halogens is 3. The number of carboxylic acids is 1. The number of aromatic nitrogens is 2. The number of hydrogen-bond donors (Lipinski definition) is 2. The van der Waals surface area contributed by atoms with Crippen LogP contribution in [0.25, 0.3) is 0 Å². The number of carboxylic acid groups (broad SMARTS) is 1.